The van der Waals surface area contributed by atoms with Gasteiger partial charge in [0.15, 0.2) is 6.61 Å². The summed E-state index contributed by atoms with van der Waals surface area (Å²) in [6.07, 6.45) is 6.57. The van der Waals surface area contributed by atoms with Crippen LogP contribution in [0, 0.1) is 0 Å². The lowest BCUT2D eigenvalue weighted by Crippen LogP contribution is -2.31. The van der Waals surface area contributed by atoms with E-state index in [-0.39, 0.29) is 4.90 Å². The van der Waals surface area contributed by atoms with Crippen LogP contribution in [0.2, 0.25) is 0 Å². The number of carbonyl (C=O) groups excluding carboxylic acids is 2. The first-order chi connectivity index (χ1) is 16.4. The van der Waals surface area contributed by atoms with E-state index < -0.39 is 28.5 Å². The molecule has 1 amide bonds. The Morgan fingerprint density at radius 3 is 2.24 bits per heavy atom. The lowest BCUT2D eigenvalue weighted by atomic mass is 10.2. The van der Waals surface area contributed by atoms with Crippen molar-refractivity contribution in [2.75, 3.05) is 26.8 Å². The number of benzene rings is 2. The fraction of sp³-hybridized carbons (Fsp3) is 0.360. The Kier molecular flexibility index (Phi) is 9.24. The molecule has 0 aromatic heterocycles. The molecule has 8 nitrogen and oxygen atoms in total. The van der Waals surface area contributed by atoms with Crippen LogP contribution >= 0.6 is 0 Å². The first-order valence-electron chi connectivity index (χ1n) is 11.2. The first kappa shape index (κ1) is 25.5. The van der Waals surface area contributed by atoms with Gasteiger partial charge in [-0.25, -0.2) is 13.2 Å². The van der Waals surface area contributed by atoms with E-state index in [9.17, 15) is 18.0 Å². The molecule has 1 fully saturated rings. The molecule has 1 aliphatic rings. The number of ether oxygens (including phenoxy) is 2. The van der Waals surface area contributed by atoms with Gasteiger partial charge in [0.05, 0.1) is 12.0 Å². The Hall–Kier alpha value is -3.17. The molecule has 0 saturated carbocycles. The average Bonchev–Trinajstić information content (AvgIpc) is 3.16. The average molecular weight is 487 g/mol. The van der Waals surface area contributed by atoms with Crippen LogP contribution in [0.3, 0.4) is 0 Å². The van der Waals surface area contributed by atoms with Crippen LogP contribution in [-0.2, 0) is 30.9 Å². The lowest BCUT2D eigenvalue weighted by Gasteiger charge is -2.19. The van der Waals surface area contributed by atoms with E-state index in [0.717, 1.165) is 37.0 Å². The highest BCUT2D eigenvalue weighted by molar-refractivity contribution is 7.89. The molecule has 0 unspecified atom stereocenters. The fourth-order valence-electron chi connectivity index (χ4n) is 3.53. The molecule has 1 N–H and O–H groups in total. The largest absolute Gasteiger partial charge is 0.497 e. The van der Waals surface area contributed by atoms with Crippen LogP contribution in [0.25, 0.3) is 6.08 Å². The summed E-state index contributed by atoms with van der Waals surface area (Å²) in [5, 5.41) is 2.67. The minimum Gasteiger partial charge on any atom is -0.497 e. The van der Waals surface area contributed by atoms with Crippen LogP contribution in [0.1, 0.15) is 36.8 Å². The molecule has 1 saturated heterocycles. The van der Waals surface area contributed by atoms with Crippen molar-refractivity contribution in [3.8, 4) is 5.75 Å². The maximum atomic E-state index is 12.8. The van der Waals surface area contributed by atoms with E-state index in [1.165, 1.54) is 24.3 Å². The SMILES string of the molecule is COc1ccc(CNC(=O)COC(=O)C=Cc2ccc(S(=O)(=O)N3CCCCCC3)cc2)cc1. The molecular weight excluding hydrogens is 456 g/mol. The molecule has 0 atom stereocenters. The van der Waals surface area contributed by atoms with E-state index in [0.29, 0.717) is 25.2 Å². The number of carbonyl (C=O) groups is 2. The molecule has 34 heavy (non-hydrogen) atoms. The number of amides is 1. The van der Waals surface area contributed by atoms with E-state index in [4.69, 9.17) is 9.47 Å². The molecule has 0 aliphatic carbocycles. The topological polar surface area (TPSA) is 102 Å². The Labute approximate surface area is 200 Å². The Morgan fingerprint density at radius 2 is 1.62 bits per heavy atom. The molecule has 3 rings (SSSR count). The highest BCUT2D eigenvalue weighted by Crippen LogP contribution is 2.21. The van der Waals surface area contributed by atoms with Gasteiger partial charge in [0.2, 0.25) is 10.0 Å². The van der Waals surface area contributed by atoms with Crippen molar-refractivity contribution in [3.63, 3.8) is 0 Å². The number of methoxy groups -OCH3 is 1. The monoisotopic (exact) mass is 486 g/mol. The molecule has 2 aromatic carbocycles. The molecule has 2 aromatic rings. The summed E-state index contributed by atoms with van der Waals surface area (Å²) in [5.74, 6) is -0.356. The van der Waals surface area contributed by atoms with Gasteiger partial charge in [-0.15, -0.1) is 0 Å². The molecule has 9 heteroatoms. The highest BCUT2D eigenvalue weighted by Gasteiger charge is 2.24. The third kappa shape index (κ3) is 7.43. The summed E-state index contributed by atoms with van der Waals surface area (Å²) in [5.41, 5.74) is 1.54. The smallest absolute Gasteiger partial charge is 0.331 e. The number of sulfonamides is 1. The van der Waals surface area contributed by atoms with Crippen molar-refractivity contribution in [2.24, 2.45) is 0 Å². The fourth-order valence-corrected chi connectivity index (χ4v) is 5.04. The summed E-state index contributed by atoms with van der Waals surface area (Å²) in [6, 6.07) is 13.6. The van der Waals surface area contributed by atoms with E-state index in [2.05, 4.69) is 5.32 Å². The van der Waals surface area contributed by atoms with Crippen LogP contribution in [0.4, 0.5) is 0 Å². The molecule has 1 aliphatic heterocycles. The summed E-state index contributed by atoms with van der Waals surface area (Å²) in [4.78, 5) is 24.1. The van der Waals surface area contributed by atoms with Gasteiger partial charge in [-0.1, -0.05) is 37.1 Å². The van der Waals surface area contributed by atoms with Gasteiger partial charge in [0.25, 0.3) is 5.91 Å². The summed E-state index contributed by atoms with van der Waals surface area (Å²) < 4.78 is 37.2. The summed E-state index contributed by atoms with van der Waals surface area (Å²) >= 11 is 0. The zero-order chi connectivity index (χ0) is 24.4. The van der Waals surface area contributed by atoms with Gasteiger partial charge in [-0.2, -0.15) is 4.31 Å². The van der Waals surface area contributed by atoms with Crippen molar-refractivity contribution in [1.29, 1.82) is 0 Å². The van der Waals surface area contributed by atoms with Crippen molar-refractivity contribution in [2.45, 2.75) is 37.1 Å². The van der Waals surface area contributed by atoms with Crippen LogP contribution in [0.15, 0.2) is 59.5 Å². The summed E-state index contributed by atoms with van der Waals surface area (Å²) in [7, 11) is -1.93. The van der Waals surface area contributed by atoms with Gasteiger partial charge >= 0.3 is 5.97 Å². The minimum absolute atomic E-state index is 0.239. The predicted molar refractivity (Wildman–Crippen MR) is 129 cm³/mol. The predicted octanol–water partition coefficient (Wildman–Crippen LogP) is 3.13. The van der Waals surface area contributed by atoms with E-state index in [1.54, 1.807) is 35.7 Å². The van der Waals surface area contributed by atoms with Gasteiger partial charge in [-0.3, -0.25) is 4.79 Å². The Morgan fingerprint density at radius 1 is 0.971 bits per heavy atom. The van der Waals surface area contributed by atoms with E-state index >= 15 is 0 Å². The second-order valence-electron chi connectivity index (χ2n) is 7.95. The number of hydrogen-bond donors (Lipinski definition) is 1. The van der Waals surface area contributed by atoms with Crippen molar-refractivity contribution >= 4 is 28.0 Å². The third-order valence-corrected chi connectivity index (χ3v) is 7.40. The van der Waals surface area contributed by atoms with Crippen LogP contribution < -0.4 is 10.1 Å². The number of nitrogens with zero attached hydrogens (tertiary/aromatic N) is 1. The van der Waals surface area contributed by atoms with Crippen LogP contribution in [0.5, 0.6) is 5.75 Å². The second-order valence-corrected chi connectivity index (χ2v) is 9.89. The number of esters is 1. The zero-order valence-electron chi connectivity index (χ0n) is 19.2. The first-order valence-corrected chi connectivity index (χ1v) is 12.7. The van der Waals surface area contributed by atoms with Crippen LogP contribution in [-0.4, -0.2) is 51.4 Å². The highest BCUT2D eigenvalue weighted by atomic mass is 32.2. The third-order valence-electron chi connectivity index (χ3n) is 5.49. The normalized spacial score (nSPS) is 15.0. The van der Waals surface area contributed by atoms with Gasteiger partial charge in [0.1, 0.15) is 5.75 Å². The molecule has 0 spiro atoms. The van der Waals surface area contributed by atoms with Crippen molar-refractivity contribution in [1.82, 2.24) is 9.62 Å². The van der Waals surface area contributed by atoms with Gasteiger partial charge < -0.3 is 14.8 Å². The zero-order valence-corrected chi connectivity index (χ0v) is 20.1. The maximum absolute atomic E-state index is 12.8. The quantitative estimate of drug-likeness (QED) is 0.432. The molecular formula is C25H30N2O6S. The van der Waals surface area contributed by atoms with Gasteiger partial charge in [0, 0.05) is 25.7 Å². The number of rotatable bonds is 9. The van der Waals surface area contributed by atoms with Gasteiger partial charge in [-0.05, 0) is 54.3 Å². The maximum Gasteiger partial charge on any atom is 0.331 e. The number of nitrogens with one attached hydrogen (secondary N) is 1. The lowest BCUT2D eigenvalue weighted by molar-refractivity contribution is -0.143. The van der Waals surface area contributed by atoms with Crippen molar-refractivity contribution < 1.29 is 27.5 Å². The Balaban J connectivity index is 1.45. The standard InChI is InChI=1S/C25H30N2O6S/c1-32-22-11-6-21(7-12-22)18-26-24(28)19-33-25(29)15-10-20-8-13-23(14-9-20)34(30,31)27-16-4-2-3-5-17-27/h6-15H,2-5,16-19H2,1H3,(H,26,28). The molecule has 0 bridgehead atoms. The second kappa shape index (κ2) is 12.3. The molecule has 1 heterocycles. The number of hydrogen-bond acceptors (Lipinski definition) is 6. The van der Waals surface area contributed by atoms with E-state index in [1.807, 2.05) is 12.1 Å². The summed E-state index contributed by atoms with van der Waals surface area (Å²) in [6.45, 7) is 1.00. The molecule has 0 radical (unpaired) electrons. The Bertz CT molecular complexity index is 1090. The van der Waals surface area contributed by atoms with Crippen molar-refractivity contribution in [3.05, 3.63) is 65.7 Å². The molecule has 182 valence electrons. The minimum atomic E-state index is -3.51.